The highest BCUT2D eigenvalue weighted by Gasteiger charge is 2.16. The molecule has 0 fully saturated rings. The summed E-state index contributed by atoms with van der Waals surface area (Å²) in [5.41, 5.74) is 7.03. The molecule has 5 nitrogen and oxygen atoms in total. The van der Waals surface area contributed by atoms with Gasteiger partial charge in [-0.25, -0.2) is 9.78 Å². The second-order valence-corrected chi connectivity index (χ2v) is 4.35. The lowest BCUT2D eigenvalue weighted by molar-refractivity contribution is 0.0693. The number of benzene rings is 1. The number of nitrogens with two attached hydrogens (primary N) is 1. The van der Waals surface area contributed by atoms with Crippen LogP contribution in [0.3, 0.4) is 0 Å². The molecule has 6 heteroatoms. The highest BCUT2D eigenvalue weighted by atomic mass is 32.2. The summed E-state index contributed by atoms with van der Waals surface area (Å²) >= 11 is 1.11. The van der Waals surface area contributed by atoms with Crippen LogP contribution in [0.15, 0.2) is 39.0 Å². The van der Waals surface area contributed by atoms with E-state index in [1.807, 2.05) is 0 Å². The Morgan fingerprint density at radius 1 is 1.53 bits per heavy atom. The summed E-state index contributed by atoms with van der Waals surface area (Å²) in [7, 11) is 0. The SMILES string of the molecule is Cc1coc(Sc2c(N)cccc2C(=O)O)n1. The fourth-order valence-electron chi connectivity index (χ4n) is 1.30. The second-order valence-electron chi connectivity index (χ2n) is 3.39. The van der Waals surface area contributed by atoms with Crippen LogP contribution in [0, 0.1) is 6.92 Å². The Morgan fingerprint density at radius 2 is 2.29 bits per heavy atom. The van der Waals surface area contributed by atoms with Crippen molar-refractivity contribution in [3.05, 3.63) is 35.7 Å². The predicted octanol–water partition coefficient (Wildman–Crippen LogP) is 2.41. The lowest BCUT2D eigenvalue weighted by Crippen LogP contribution is -2.01. The molecule has 0 radical (unpaired) electrons. The number of nitrogen functional groups attached to an aromatic ring is 1. The van der Waals surface area contributed by atoms with Crippen LogP contribution in [-0.4, -0.2) is 16.1 Å². The van der Waals surface area contributed by atoms with Crippen molar-refractivity contribution in [2.75, 3.05) is 5.73 Å². The van der Waals surface area contributed by atoms with E-state index in [-0.39, 0.29) is 5.56 Å². The third kappa shape index (κ3) is 2.42. The molecule has 0 saturated heterocycles. The lowest BCUT2D eigenvalue weighted by Gasteiger charge is -2.06. The van der Waals surface area contributed by atoms with Crippen LogP contribution >= 0.6 is 11.8 Å². The number of hydrogen-bond donors (Lipinski definition) is 2. The minimum Gasteiger partial charge on any atom is -0.478 e. The molecular weight excluding hydrogens is 240 g/mol. The van der Waals surface area contributed by atoms with Crippen molar-refractivity contribution in [2.45, 2.75) is 17.0 Å². The zero-order valence-electron chi connectivity index (χ0n) is 9.01. The molecule has 0 spiro atoms. The molecule has 3 N–H and O–H groups in total. The quantitative estimate of drug-likeness (QED) is 0.813. The summed E-state index contributed by atoms with van der Waals surface area (Å²) in [4.78, 5) is 15.6. The van der Waals surface area contributed by atoms with Gasteiger partial charge in [0.05, 0.1) is 16.2 Å². The molecule has 0 amide bonds. The molecule has 0 aliphatic carbocycles. The van der Waals surface area contributed by atoms with Crippen molar-refractivity contribution in [3.8, 4) is 0 Å². The van der Waals surface area contributed by atoms with Crippen LogP contribution in [0.1, 0.15) is 16.1 Å². The number of hydrogen-bond acceptors (Lipinski definition) is 5. The fraction of sp³-hybridized carbons (Fsp3) is 0.0909. The van der Waals surface area contributed by atoms with Gasteiger partial charge in [-0.15, -0.1) is 0 Å². The number of aryl methyl sites for hydroxylation is 1. The van der Waals surface area contributed by atoms with E-state index in [0.717, 1.165) is 17.5 Å². The van der Waals surface area contributed by atoms with Crippen molar-refractivity contribution >= 4 is 23.4 Å². The van der Waals surface area contributed by atoms with Crippen LogP contribution in [0.2, 0.25) is 0 Å². The van der Waals surface area contributed by atoms with Crippen molar-refractivity contribution in [1.29, 1.82) is 0 Å². The van der Waals surface area contributed by atoms with Gasteiger partial charge in [-0.05, 0) is 30.8 Å². The molecule has 0 saturated carbocycles. The van der Waals surface area contributed by atoms with Gasteiger partial charge in [0.2, 0.25) is 0 Å². The Hall–Kier alpha value is -1.95. The van der Waals surface area contributed by atoms with Crippen LogP contribution in [0.25, 0.3) is 0 Å². The van der Waals surface area contributed by atoms with E-state index >= 15 is 0 Å². The van der Waals surface area contributed by atoms with Gasteiger partial charge in [0.25, 0.3) is 5.22 Å². The molecule has 17 heavy (non-hydrogen) atoms. The van der Waals surface area contributed by atoms with Crippen molar-refractivity contribution in [3.63, 3.8) is 0 Å². The smallest absolute Gasteiger partial charge is 0.336 e. The number of oxazole rings is 1. The number of anilines is 1. The Bertz CT molecular complexity index is 566. The third-order valence-corrected chi connectivity index (χ3v) is 3.09. The summed E-state index contributed by atoms with van der Waals surface area (Å²) in [6.45, 7) is 1.79. The molecular formula is C11H10N2O3S. The summed E-state index contributed by atoms with van der Waals surface area (Å²) in [5.74, 6) is -1.02. The highest BCUT2D eigenvalue weighted by molar-refractivity contribution is 7.99. The minimum absolute atomic E-state index is 0.144. The van der Waals surface area contributed by atoms with Gasteiger partial charge in [0.1, 0.15) is 6.26 Å². The number of carboxylic acids is 1. The normalized spacial score (nSPS) is 10.4. The maximum absolute atomic E-state index is 11.0. The summed E-state index contributed by atoms with van der Waals surface area (Å²) in [6.07, 6.45) is 1.50. The van der Waals surface area contributed by atoms with Crippen molar-refractivity contribution in [2.24, 2.45) is 0 Å². The van der Waals surface area contributed by atoms with E-state index in [0.29, 0.717) is 15.8 Å². The van der Waals surface area contributed by atoms with Gasteiger partial charge < -0.3 is 15.3 Å². The summed E-state index contributed by atoms with van der Waals surface area (Å²) < 4.78 is 5.16. The number of carboxylic acid groups (broad SMARTS) is 1. The monoisotopic (exact) mass is 250 g/mol. The van der Waals surface area contributed by atoms with Crippen molar-refractivity contribution < 1.29 is 14.3 Å². The van der Waals surface area contributed by atoms with E-state index < -0.39 is 5.97 Å². The number of aromatic nitrogens is 1. The molecule has 2 rings (SSSR count). The highest BCUT2D eigenvalue weighted by Crippen LogP contribution is 2.34. The molecule has 0 unspecified atom stereocenters. The molecule has 0 bridgehead atoms. The fourth-order valence-corrected chi connectivity index (χ4v) is 2.22. The van der Waals surface area contributed by atoms with Crippen LogP contribution < -0.4 is 5.73 Å². The van der Waals surface area contributed by atoms with Crippen LogP contribution in [-0.2, 0) is 0 Å². The van der Waals surface area contributed by atoms with Gasteiger partial charge in [0.15, 0.2) is 0 Å². The Balaban J connectivity index is 2.40. The molecule has 0 atom stereocenters. The van der Waals surface area contributed by atoms with Crippen LogP contribution in [0.4, 0.5) is 5.69 Å². The molecule has 0 aliphatic rings. The molecule has 1 aromatic carbocycles. The maximum atomic E-state index is 11.0. The van der Waals surface area contributed by atoms with E-state index in [4.69, 9.17) is 15.3 Å². The molecule has 88 valence electrons. The van der Waals surface area contributed by atoms with E-state index in [1.165, 1.54) is 12.3 Å². The van der Waals surface area contributed by atoms with E-state index in [1.54, 1.807) is 19.1 Å². The Labute approximate surface area is 102 Å². The number of carbonyl (C=O) groups is 1. The van der Waals surface area contributed by atoms with Gasteiger partial charge in [0, 0.05) is 5.69 Å². The number of rotatable bonds is 3. The molecule has 1 aromatic heterocycles. The third-order valence-electron chi connectivity index (χ3n) is 2.06. The zero-order valence-corrected chi connectivity index (χ0v) is 9.82. The van der Waals surface area contributed by atoms with E-state index in [9.17, 15) is 4.79 Å². The average Bonchev–Trinajstić information content (AvgIpc) is 2.67. The molecule has 0 aliphatic heterocycles. The first kappa shape index (κ1) is 11.5. The van der Waals surface area contributed by atoms with Gasteiger partial charge >= 0.3 is 5.97 Å². The second kappa shape index (κ2) is 4.50. The van der Waals surface area contributed by atoms with Gasteiger partial charge in [-0.1, -0.05) is 6.07 Å². The van der Waals surface area contributed by atoms with E-state index in [2.05, 4.69) is 4.98 Å². The summed E-state index contributed by atoms with van der Waals surface area (Å²) in [6, 6.07) is 4.74. The topological polar surface area (TPSA) is 89.3 Å². The van der Waals surface area contributed by atoms with Gasteiger partial charge in [-0.3, -0.25) is 0 Å². The number of aromatic carboxylic acids is 1. The minimum atomic E-state index is -1.02. The van der Waals surface area contributed by atoms with Crippen molar-refractivity contribution in [1.82, 2.24) is 4.98 Å². The summed E-state index contributed by atoms with van der Waals surface area (Å²) in [5, 5.41) is 9.43. The lowest BCUT2D eigenvalue weighted by atomic mass is 10.2. The standard InChI is InChI=1S/C11H10N2O3S/c1-6-5-16-11(13-6)17-9-7(10(14)15)3-2-4-8(9)12/h2-5H,12H2,1H3,(H,14,15). The molecule has 1 heterocycles. The predicted molar refractivity (Wildman–Crippen MR) is 63.2 cm³/mol. The Morgan fingerprint density at radius 3 is 2.88 bits per heavy atom. The number of nitrogens with zero attached hydrogens (tertiary/aromatic N) is 1. The molecule has 2 aromatic rings. The Kier molecular flexibility index (Phi) is 3.06. The zero-order chi connectivity index (χ0) is 12.4. The van der Waals surface area contributed by atoms with Crippen LogP contribution in [0.5, 0.6) is 0 Å². The first-order valence-electron chi connectivity index (χ1n) is 4.79. The first-order chi connectivity index (χ1) is 8.08. The largest absolute Gasteiger partial charge is 0.478 e. The average molecular weight is 250 g/mol. The maximum Gasteiger partial charge on any atom is 0.336 e. The first-order valence-corrected chi connectivity index (χ1v) is 5.61. The van der Waals surface area contributed by atoms with Gasteiger partial charge in [-0.2, -0.15) is 0 Å².